The topological polar surface area (TPSA) is 0 Å². The van der Waals surface area contributed by atoms with Gasteiger partial charge in [-0.3, -0.25) is 0 Å². The van der Waals surface area contributed by atoms with E-state index in [0.717, 1.165) is 5.03 Å². The Morgan fingerprint density at radius 3 is 2.11 bits per heavy atom. The standard InChI is InChI=1S/C7H15ClSi/c1-5-9(3,4)6-7(2)8/h6H,5H2,1-4H3. The fourth-order valence-corrected chi connectivity index (χ4v) is 2.81. The van der Waals surface area contributed by atoms with Gasteiger partial charge in [0.2, 0.25) is 0 Å². The highest BCUT2D eigenvalue weighted by Crippen LogP contribution is 2.13. The molecule has 9 heavy (non-hydrogen) atoms. The summed E-state index contributed by atoms with van der Waals surface area (Å²) in [6, 6.07) is 1.27. The quantitative estimate of drug-likeness (QED) is 0.547. The first kappa shape index (κ1) is 9.25. The van der Waals surface area contributed by atoms with Crippen LogP contribution in [0.25, 0.3) is 0 Å². The Morgan fingerprint density at radius 2 is 2.00 bits per heavy atom. The summed E-state index contributed by atoms with van der Waals surface area (Å²) < 4.78 is 0. The van der Waals surface area contributed by atoms with Crippen LogP contribution in [-0.4, -0.2) is 8.07 Å². The Hall–Kier alpha value is 0.247. The molecule has 0 aliphatic carbocycles. The van der Waals surface area contributed by atoms with Gasteiger partial charge in [-0.2, -0.15) is 0 Å². The van der Waals surface area contributed by atoms with Crippen LogP contribution in [0.2, 0.25) is 19.1 Å². The zero-order chi connectivity index (χ0) is 7.49. The summed E-state index contributed by atoms with van der Waals surface area (Å²) in [5.41, 5.74) is 2.23. The van der Waals surface area contributed by atoms with E-state index in [2.05, 4.69) is 25.7 Å². The van der Waals surface area contributed by atoms with E-state index in [4.69, 9.17) is 11.6 Å². The molecule has 0 unspecified atom stereocenters. The minimum atomic E-state index is -1.03. The Balaban J connectivity index is 4.01. The molecule has 0 saturated heterocycles. The van der Waals surface area contributed by atoms with Crippen molar-refractivity contribution < 1.29 is 0 Å². The summed E-state index contributed by atoms with van der Waals surface area (Å²) >= 11 is 5.74. The Labute approximate surface area is 63.9 Å². The molecule has 0 aromatic rings. The molecule has 0 aliphatic heterocycles. The summed E-state index contributed by atoms with van der Waals surface area (Å²) in [6.07, 6.45) is 0. The molecule has 0 aromatic heterocycles. The van der Waals surface area contributed by atoms with Crippen molar-refractivity contribution in [3.63, 3.8) is 0 Å². The molecule has 0 N–H and O–H groups in total. The molecule has 0 rings (SSSR count). The van der Waals surface area contributed by atoms with Crippen molar-refractivity contribution in [3.05, 3.63) is 10.7 Å². The summed E-state index contributed by atoms with van der Waals surface area (Å²) in [7, 11) is -1.03. The van der Waals surface area contributed by atoms with E-state index >= 15 is 0 Å². The van der Waals surface area contributed by atoms with Gasteiger partial charge in [0.25, 0.3) is 0 Å². The van der Waals surface area contributed by atoms with E-state index in [1.54, 1.807) is 0 Å². The maximum Gasteiger partial charge on any atom is 0.0729 e. The van der Waals surface area contributed by atoms with Gasteiger partial charge in [0, 0.05) is 5.03 Å². The van der Waals surface area contributed by atoms with Gasteiger partial charge in [-0.25, -0.2) is 0 Å². The lowest BCUT2D eigenvalue weighted by molar-refractivity contribution is 1.37. The van der Waals surface area contributed by atoms with Crippen molar-refractivity contribution in [1.29, 1.82) is 0 Å². The number of rotatable bonds is 2. The first-order valence-corrected chi connectivity index (χ1v) is 6.99. The van der Waals surface area contributed by atoms with Crippen LogP contribution in [-0.2, 0) is 0 Å². The maximum absolute atomic E-state index is 5.74. The third-order valence-corrected chi connectivity index (χ3v) is 4.83. The lowest BCUT2D eigenvalue weighted by Gasteiger charge is -2.13. The molecule has 0 bridgehead atoms. The van der Waals surface area contributed by atoms with Crippen molar-refractivity contribution in [2.45, 2.75) is 33.0 Å². The monoisotopic (exact) mass is 162 g/mol. The van der Waals surface area contributed by atoms with Crippen molar-refractivity contribution in [2.24, 2.45) is 0 Å². The molecular weight excluding hydrogens is 148 g/mol. The van der Waals surface area contributed by atoms with Crippen molar-refractivity contribution in [3.8, 4) is 0 Å². The second-order valence-electron chi connectivity index (χ2n) is 3.07. The Bertz CT molecular complexity index is 112. The molecule has 0 fully saturated rings. The summed E-state index contributed by atoms with van der Waals surface area (Å²) in [5.74, 6) is 0. The fraction of sp³-hybridized carbons (Fsp3) is 0.714. The van der Waals surface area contributed by atoms with Crippen LogP contribution in [0.15, 0.2) is 10.7 Å². The van der Waals surface area contributed by atoms with Gasteiger partial charge >= 0.3 is 0 Å². The van der Waals surface area contributed by atoms with E-state index in [1.807, 2.05) is 6.92 Å². The molecule has 0 spiro atoms. The van der Waals surface area contributed by atoms with Crippen molar-refractivity contribution in [1.82, 2.24) is 0 Å². The predicted molar refractivity (Wildman–Crippen MR) is 47.6 cm³/mol. The largest absolute Gasteiger partial charge is 0.0902 e. The van der Waals surface area contributed by atoms with Gasteiger partial charge in [-0.15, -0.1) is 0 Å². The van der Waals surface area contributed by atoms with Crippen molar-refractivity contribution >= 4 is 19.7 Å². The highest BCUT2D eigenvalue weighted by atomic mass is 35.5. The average molecular weight is 163 g/mol. The Kier molecular flexibility index (Phi) is 3.52. The Morgan fingerprint density at radius 1 is 1.56 bits per heavy atom. The zero-order valence-corrected chi connectivity index (χ0v) is 8.42. The van der Waals surface area contributed by atoms with Gasteiger partial charge < -0.3 is 0 Å². The van der Waals surface area contributed by atoms with Crippen LogP contribution in [0, 0.1) is 0 Å². The predicted octanol–water partition coefficient (Wildman–Crippen LogP) is 3.40. The molecule has 0 saturated carbocycles. The number of halogens is 1. The summed E-state index contributed by atoms with van der Waals surface area (Å²) in [5, 5.41) is 0.952. The van der Waals surface area contributed by atoms with Gasteiger partial charge in [-0.05, 0) is 6.92 Å². The fourth-order valence-electron chi connectivity index (χ4n) is 0.640. The normalized spacial score (nSPS) is 14.1. The van der Waals surface area contributed by atoms with Gasteiger partial charge in [-0.1, -0.05) is 43.4 Å². The average Bonchev–Trinajstić information content (AvgIpc) is 1.63. The van der Waals surface area contributed by atoms with E-state index < -0.39 is 8.07 Å². The van der Waals surface area contributed by atoms with Crippen LogP contribution in [0.3, 0.4) is 0 Å². The first-order chi connectivity index (χ1) is 3.98. The maximum atomic E-state index is 5.74. The van der Waals surface area contributed by atoms with Crippen LogP contribution in [0.1, 0.15) is 13.8 Å². The van der Waals surface area contributed by atoms with Crippen LogP contribution >= 0.6 is 11.6 Å². The third-order valence-electron chi connectivity index (χ3n) is 1.50. The second kappa shape index (κ2) is 3.42. The molecule has 54 valence electrons. The second-order valence-corrected chi connectivity index (χ2v) is 8.64. The summed E-state index contributed by atoms with van der Waals surface area (Å²) in [6.45, 7) is 8.81. The van der Waals surface area contributed by atoms with E-state index in [9.17, 15) is 0 Å². The third kappa shape index (κ3) is 4.73. The number of hydrogen-bond donors (Lipinski definition) is 0. The SMILES string of the molecule is CC[Si](C)(C)C=C(C)Cl. The molecule has 0 nitrogen and oxygen atoms in total. The molecular formula is C7H15ClSi. The smallest absolute Gasteiger partial charge is 0.0729 e. The van der Waals surface area contributed by atoms with E-state index in [0.29, 0.717) is 0 Å². The van der Waals surface area contributed by atoms with E-state index in [1.165, 1.54) is 6.04 Å². The molecule has 0 radical (unpaired) electrons. The molecule has 0 amide bonds. The van der Waals surface area contributed by atoms with Crippen LogP contribution < -0.4 is 0 Å². The summed E-state index contributed by atoms with van der Waals surface area (Å²) in [4.78, 5) is 0. The highest BCUT2D eigenvalue weighted by molar-refractivity contribution is 6.82. The first-order valence-electron chi connectivity index (χ1n) is 3.33. The molecule has 2 heteroatoms. The molecule has 0 aliphatic rings. The van der Waals surface area contributed by atoms with Gasteiger partial charge in [0.15, 0.2) is 0 Å². The van der Waals surface area contributed by atoms with Crippen LogP contribution in [0.5, 0.6) is 0 Å². The lowest BCUT2D eigenvalue weighted by atomic mass is 10.8. The molecule has 0 heterocycles. The molecule has 0 atom stereocenters. The number of allylic oxidation sites excluding steroid dienone is 1. The van der Waals surface area contributed by atoms with Gasteiger partial charge in [0.05, 0.1) is 8.07 Å². The van der Waals surface area contributed by atoms with Gasteiger partial charge in [0.1, 0.15) is 0 Å². The van der Waals surface area contributed by atoms with Crippen molar-refractivity contribution in [2.75, 3.05) is 0 Å². The zero-order valence-electron chi connectivity index (χ0n) is 6.66. The number of hydrogen-bond acceptors (Lipinski definition) is 0. The van der Waals surface area contributed by atoms with Crippen LogP contribution in [0.4, 0.5) is 0 Å². The molecule has 0 aromatic carbocycles. The minimum absolute atomic E-state index is 0.952. The lowest BCUT2D eigenvalue weighted by Crippen LogP contribution is -2.20. The highest BCUT2D eigenvalue weighted by Gasteiger charge is 2.13. The minimum Gasteiger partial charge on any atom is -0.0902 e. The van der Waals surface area contributed by atoms with E-state index in [-0.39, 0.29) is 0 Å².